The summed E-state index contributed by atoms with van der Waals surface area (Å²) in [4.78, 5) is 22.2. The third-order valence-corrected chi connectivity index (χ3v) is 2.78. The number of ether oxygens (including phenoxy) is 4. The fourth-order valence-corrected chi connectivity index (χ4v) is 1.99. The second-order valence-corrected chi connectivity index (χ2v) is 4.49. The Morgan fingerprint density at radius 2 is 1.81 bits per heavy atom. The molecule has 1 rings (SSSR count). The van der Waals surface area contributed by atoms with Crippen molar-refractivity contribution in [2.45, 2.75) is 44.6 Å². The van der Waals surface area contributed by atoms with Gasteiger partial charge in [0.2, 0.25) is 0 Å². The Morgan fingerprint density at radius 3 is 2.29 bits per heavy atom. The first-order chi connectivity index (χ1) is 9.90. The number of aliphatic hydroxyl groups is 2. The van der Waals surface area contributed by atoms with E-state index in [2.05, 4.69) is 6.58 Å². The summed E-state index contributed by atoms with van der Waals surface area (Å²) in [6.45, 7) is 5.38. The lowest BCUT2D eigenvalue weighted by Gasteiger charge is -2.42. The zero-order valence-corrected chi connectivity index (χ0v) is 11.9. The smallest absolute Gasteiger partial charge is 0.303 e. The zero-order chi connectivity index (χ0) is 16.0. The molecule has 0 aliphatic carbocycles. The van der Waals surface area contributed by atoms with E-state index in [1.165, 1.54) is 6.08 Å². The molecule has 2 N–H and O–H groups in total. The van der Waals surface area contributed by atoms with Gasteiger partial charge in [0, 0.05) is 13.8 Å². The molecule has 8 nitrogen and oxygen atoms in total. The Balaban J connectivity index is 2.93. The van der Waals surface area contributed by atoms with E-state index >= 15 is 0 Å². The van der Waals surface area contributed by atoms with Gasteiger partial charge in [0.15, 0.2) is 18.5 Å². The monoisotopic (exact) mass is 304 g/mol. The number of hydrogen-bond donors (Lipinski definition) is 2. The second-order valence-electron chi connectivity index (χ2n) is 4.49. The largest absolute Gasteiger partial charge is 0.457 e. The number of hydrogen-bond acceptors (Lipinski definition) is 8. The molecular weight excluding hydrogens is 284 g/mol. The van der Waals surface area contributed by atoms with Gasteiger partial charge in [-0.2, -0.15) is 0 Å². The first-order valence-electron chi connectivity index (χ1n) is 6.42. The molecule has 0 amide bonds. The molecular formula is C13H20O8. The van der Waals surface area contributed by atoms with Crippen molar-refractivity contribution in [3.8, 4) is 0 Å². The van der Waals surface area contributed by atoms with Crippen LogP contribution in [0.25, 0.3) is 0 Å². The first kappa shape index (κ1) is 17.6. The van der Waals surface area contributed by atoms with Gasteiger partial charge in [0.25, 0.3) is 0 Å². The molecule has 0 radical (unpaired) electrons. The minimum absolute atomic E-state index is 0.0888. The molecule has 21 heavy (non-hydrogen) atoms. The van der Waals surface area contributed by atoms with Crippen LogP contribution in [0.5, 0.6) is 0 Å². The zero-order valence-electron chi connectivity index (χ0n) is 11.9. The van der Waals surface area contributed by atoms with Gasteiger partial charge in [-0.25, -0.2) is 0 Å². The number of rotatable bonds is 6. The van der Waals surface area contributed by atoms with Crippen molar-refractivity contribution in [2.75, 3.05) is 13.2 Å². The van der Waals surface area contributed by atoms with E-state index in [9.17, 15) is 19.8 Å². The number of carbonyl (C=O) groups excluding carboxylic acids is 2. The van der Waals surface area contributed by atoms with E-state index in [0.29, 0.717) is 0 Å². The summed E-state index contributed by atoms with van der Waals surface area (Å²) >= 11 is 0. The lowest BCUT2D eigenvalue weighted by molar-refractivity contribution is -0.303. The molecule has 0 aromatic carbocycles. The molecule has 1 aliphatic heterocycles. The number of carbonyl (C=O) groups is 2. The average Bonchev–Trinajstić information content (AvgIpc) is 2.41. The molecule has 120 valence electrons. The lowest BCUT2D eigenvalue weighted by atomic mass is 9.98. The van der Waals surface area contributed by atoms with Gasteiger partial charge in [-0.3, -0.25) is 9.59 Å². The van der Waals surface area contributed by atoms with Crippen molar-refractivity contribution in [1.29, 1.82) is 0 Å². The Bertz CT molecular complexity index is 382. The van der Waals surface area contributed by atoms with Crippen LogP contribution >= 0.6 is 0 Å². The summed E-state index contributed by atoms with van der Waals surface area (Å²) in [6, 6.07) is 0. The van der Waals surface area contributed by atoms with E-state index < -0.39 is 49.3 Å². The van der Waals surface area contributed by atoms with Crippen LogP contribution in [0.2, 0.25) is 0 Å². The molecule has 0 aromatic heterocycles. The summed E-state index contributed by atoms with van der Waals surface area (Å²) in [5, 5.41) is 19.5. The van der Waals surface area contributed by atoms with Crippen LogP contribution in [0.3, 0.4) is 0 Å². The standard InChI is InChI=1S/C13H20O8/c1-4-5-18-13-12(20-8(3)16)10(17)11(19-7(2)15)9(6-14)21-13/h4,9-14,17H,1,5-6H2,2-3H3/t9-,10+,11+,12-,13-/m1/s1. The highest BCUT2D eigenvalue weighted by atomic mass is 16.7. The molecule has 0 saturated carbocycles. The molecule has 1 saturated heterocycles. The molecule has 1 fully saturated rings. The van der Waals surface area contributed by atoms with E-state index in [1.807, 2.05) is 0 Å². The summed E-state index contributed by atoms with van der Waals surface area (Å²) in [5.41, 5.74) is 0. The highest BCUT2D eigenvalue weighted by Gasteiger charge is 2.49. The van der Waals surface area contributed by atoms with Crippen LogP contribution in [0.15, 0.2) is 12.7 Å². The fraction of sp³-hybridized carbons (Fsp3) is 0.692. The molecule has 8 heteroatoms. The van der Waals surface area contributed by atoms with E-state index in [1.54, 1.807) is 0 Å². The van der Waals surface area contributed by atoms with Crippen LogP contribution in [0, 0.1) is 0 Å². The second kappa shape index (κ2) is 8.08. The van der Waals surface area contributed by atoms with Crippen LogP contribution < -0.4 is 0 Å². The lowest BCUT2D eigenvalue weighted by Crippen LogP contribution is -2.61. The summed E-state index contributed by atoms with van der Waals surface area (Å²) in [6.07, 6.45) is -4.39. The third kappa shape index (κ3) is 4.78. The van der Waals surface area contributed by atoms with Gasteiger partial charge in [-0.15, -0.1) is 6.58 Å². The van der Waals surface area contributed by atoms with Gasteiger partial charge in [0.05, 0.1) is 13.2 Å². The fourth-order valence-electron chi connectivity index (χ4n) is 1.99. The summed E-state index contributed by atoms with van der Waals surface area (Å²) in [5.74, 6) is -1.31. The normalized spacial score (nSPS) is 32.3. The van der Waals surface area contributed by atoms with Crippen LogP contribution in [0.1, 0.15) is 13.8 Å². The minimum atomic E-state index is -1.39. The Hall–Kier alpha value is -1.48. The maximum Gasteiger partial charge on any atom is 0.303 e. The van der Waals surface area contributed by atoms with Crippen molar-refractivity contribution >= 4 is 11.9 Å². The Kier molecular flexibility index (Phi) is 6.76. The Morgan fingerprint density at radius 1 is 1.24 bits per heavy atom. The first-order valence-corrected chi connectivity index (χ1v) is 6.42. The highest BCUT2D eigenvalue weighted by Crippen LogP contribution is 2.26. The van der Waals surface area contributed by atoms with Gasteiger partial charge >= 0.3 is 11.9 Å². The van der Waals surface area contributed by atoms with Gasteiger partial charge in [0.1, 0.15) is 12.2 Å². The topological polar surface area (TPSA) is 112 Å². The van der Waals surface area contributed by atoms with Crippen molar-refractivity contribution in [1.82, 2.24) is 0 Å². The van der Waals surface area contributed by atoms with Crippen LogP contribution in [-0.2, 0) is 28.5 Å². The summed E-state index contributed by atoms with van der Waals surface area (Å²) in [7, 11) is 0. The molecule has 1 heterocycles. The quantitative estimate of drug-likeness (QED) is 0.481. The molecule has 5 atom stereocenters. The predicted molar refractivity (Wildman–Crippen MR) is 69.0 cm³/mol. The van der Waals surface area contributed by atoms with Crippen LogP contribution in [0.4, 0.5) is 0 Å². The average molecular weight is 304 g/mol. The van der Waals surface area contributed by atoms with Gasteiger partial charge in [-0.1, -0.05) is 6.08 Å². The van der Waals surface area contributed by atoms with E-state index in [-0.39, 0.29) is 6.61 Å². The molecule has 0 spiro atoms. The number of esters is 2. The van der Waals surface area contributed by atoms with E-state index in [4.69, 9.17) is 18.9 Å². The van der Waals surface area contributed by atoms with Crippen molar-refractivity contribution in [3.05, 3.63) is 12.7 Å². The van der Waals surface area contributed by atoms with Crippen molar-refractivity contribution in [2.24, 2.45) is 0 Å². The van der Waals surface area contributed by atoms with Crippen molar-refractivity contribution in [3.63, 3.8) is 0 Å². The SMILES string of the molecule is C=CCO[C@@H]1O[C@H](CO)[C@H](OC(C)=O)[C@H](O)[C@H]1OC(C)=O. The summed E-state index contributed by atoms with van der Waals surface area (Å²) < 4.78 is 20.6. The minimum Gasteiger partial charge on any atom is -0.457 e. The predicted octanol–water partition coefficient (Wildman–Crippen LogP) is -0.869. The van der Waals surface area contributed by atoms with Gasteiger partial charge in [-0.05, 0) is 0 Å². The highest BCUT2D eigenvalue weighted by molar-refractivity contribution is 5.67. The molecule has 1 aliphatic rings. The third-order valence-electron chi connectivity index (χ3n) is 2.78. The van der Waals surface area contributed by atoms with Crippen LogP contribution in [-0.4, -0.2) is 66.1 Å². The van der Waals surface area contributed by atoms with E-state index in [0.717, 1.165) is 13.8 Å². The number of aliphatic hydroxyl groups excluding tert-OH is 2. The molecule has 0 bridgehead atoms. The Labute approximate surface area is 122 Å². The van der Waals surface area contributed by atoms with Gasteiger partial charge < -0.3 is 29.2 Å². The molecule has 0 unspecified atom stereocenters. The maximum absolute atomic E-state index is 11.1. The maximum atomic E-state index is 11.1. The molecule has 0 aromatic rings. The van der Waals surface area contributed by atoms with Crippen molar-refractivity contribution < 1.29 is 38.7 Å².